The van der Waals surface area contributed by atoms with E-state index >= 15 is 0 Å². The molecule has 0 saturated carbocycles. The summed E-state index contributed by atoms with van der Waals surface area (Å²) in [5.41, 5.74) is 0.946. The van der Waals surface area contributed by atoms with E-state index in [2.05, 4.69) is 10.6 Å². The highest BCUT2D eigenvalue weighted by atomic mass is 16.2. The predicted molar refractivity (Wildman–Crippen MR) is 94.7 cm³/mol. The van der Waals surface area contributed by atoms with E-state index in [1.165, 1.54) is 0 Å². The normalized spacial score (nSPS) is 14.7. The van der Waals surface area contributed by atoms with Crippen LogP contribution < -0.4 is 10.6 Å². The van der Waals surface area contributed by atoms with Gasteiger partial charge in [-0.25, -0.2) is 4.79 Å². The molecule has 1 aliphatic heterocycles. The third-order valence-electron chi connectivity index (χ3n) is 4.32. The first-order valence-corrected chi connectivity index (χ1v) is 8.53. The second-order valence-electron chi connectivity index (χ2n) is 6.49. The summed E-state index contributed by atoms with van der Waals surface area (Å²) in [5, 5.41) is 5.30. The largest absolute Gasteiger partial charge is 0.348 e. The molecule has 0 unspecified atom stereocenters. The maximum Gasteiger partial charge on any atom is 0.319 e. The van der Waals surface area contributed by atoms with E-state index < -0.39 is 11.8 Å². The van der Waals surface area contributed by atoms with Gasteiger partial charge in [0.1, 0.15) is 0 Å². The number of carbonyl (C=O) groups is 3. The van der Waals surface area contributed by atoms with E-state index in [1.54, 1.807) is 19.0 Å². The lowest BCUT2D eigenvalue weighted by molar-refractivity contribution is -0.139. The van der Waals surface area contributed by atoms with Crippen LogP contribution in [0.5, 0.6) is 0 Å². The Kier molecular flexibility index (Phi) is 6.80. The lowest BCUT2D eigenvalue weighted by Crippen LogP contribution is -2.46. The molecule has 0 aliphatic carbocycles. The Hall–Kier alpha value is -2.57. The van der Waals surface area contributed by atoms with Crippen LogP contribution in [0.25, 0.3) is 0 Å². The van der Waals surface area contributed by atoms with Crippen LogP contribution in [0.15, 0.2) is 30.3 Å². The first-order valence-electron chi connectivity index (χ1n) is 8.53. The minimum absolute atomic E-state index is 0.0165. The number of rotatable bonds is 4. The van der Waals surface area contributed by atoms with Crippen molar-refractivity contribution in [1.29, 1.82) is 0 Å². The fraction of sp³-hybridized carbons (Fsp3) is 0.500. The number of nitrogens with one attached hydrogen (secondary N) is 2. The van der Waals surface area contributed by atoms with Gasteiger partial charge in [-0.3, -0.25) is 9.59 Å². The maximum atomic E-state index is 11.9. The van der Waals surface area contributed by atoms with Crippen molar-refractivity contribution in [2.75, 3.05) is 33.7 Å². The fourth-order valence-electron chi connectivity index (χ4n) is 2.79. The molecule has 1 saturated heterocycles. The Labute approximate surface area is 148 Å². The predicted octanol–water partition coefficient (Wildman–Crippen LogP) is 0.813. The van der Waals surface area contributed by atoms with Crippen molar-refractivity contribution in [2.24, 2.45) is 5.92 Å². The van der Waals surface area contributed by atoms with E-state index in [-0.39, 0.29) is 11.9 Å². The lowest BCUT2D eigenvalue weighted by atomic mass is 9.97. The summed E-state index contributed by atoms with van der Waals surface area (Å²) in [6, 6.07) is 9.46. The van der Waals surface area contributed by atoms with Gasteiger partial charge in [0.2, 0.25) is 0 Å². The molecule has 0 bridgehead atoms. The lowest BCUT2D eigenvalue weighted by Gasteiger charge is -2.33. The van der Waals surface area contributed by atoms with Gasteiger partial charge in [0.05, 0.1) is 0 Å². The minimum atomic E-state index is -0.621. The van der Waals surface area contributed by atoms with Crippen LogP contribution in [0, 0.1) is 5.92 Å². The van der Waals surface area contributed by atoms with Gasteiger partial charge in [-0.2, -0.15) is 0 Å². The van der Waals surface area contributed by atoms with Crippen molar-refractivity contribution < 1.29 is 14.4 Å². The van der Waals surface area contributed by atoms with E-state index in [4.69, 9.17) is 0 Å². The molecular formula is C18H26N4O3. The third-order valence-corrected chi connectivity index (χ3v) is 4.32. The Bertz CT molecular complexity index is 596. The van der Waals surface area contributed by atoms with Crippen molar-refractivity contribution in [2.45, 2.75) is 19.4 Å². The van der Waals surface area contributed by atoms with Crippen molar-refractivity contribution in [1.82, 2.24) is 20.4 Å². The Morgan fingerprint density at radius 3 is 2.24 bits per heavy atom. The SMILES string of the molecule is CN(C)C(=O)N1CCC(CNC(=O)C(=O)NCc2ccccc2)CC1. The quantitative estimate of drug-likeness (QED) is 0.792. The average molecular weight is 346 g/mol. The smallest absolute Gasteiger partial charge is 0.319 e. The summed E-state index contributed by atoms with van der Waals surface area (Å²) < 4.78 is 0. The molecular weight excluding hydrogens is 320 g/mol. The summed E-state index contributed by atoms with van der Waals surface area (Å²) in [4.78, 5) is 39.0. The molecule has 136 valence electrons. The van der Waals surface area contributed by atoms with Crippen LogP contribution in [0.2, 0.25) is 0 Å². The van der Waals surface area contributed by atoms with Crippen molar-refractivity contribution >= 4 is 17.8 Å². The topological polar surface area (TPSA) is 81.8 Å². The number of nitrogens with zero attached hydrogens (tertiary/aromatic N) is 2. The number of likely N-dealkylation sites (tertiary alicyclic amines) is 1. The molecule has 4 amide bonds. The molecule has 0 radical (unpaired) electrons. The van der Waals surface area contributed by atoms with Gasteiger partial charge in [0.25, 0.3) is 0 Å². The molecule has 0 atom stereocenters. The zero-order valence-electron chi connectivity index (χ0n) is 14.8. The van der Waals surface area contributed by atoms with Crippen LogP contribution in [-0.4, -0.2) is 61.4 Å². The maximum absolute atomic E-state index is 11.9. The number of piperidine rings is 1. The second-order valence-corrected chi connectivity index (χ2v) is 6.49. The number of amides is 4. The Balaban J connectivity index is 1.66. The minimum Gasteiger partial charge on any atom is -0.348 e. The summed E-state index contributed by atoms with van der Waals surface area (Å²) in [7, 11) is 3.48. The molecule has 7 heteroatoms. The molecule has 1 heterocycles. The molecule has 2 N–H and O–H groups in total. The number of hydrogen-bond donors (Lipinski definition) is 2. The van der Waals surface area contributed by atoms with Crippen LogP contribution >= 0.6 is 0 Å². The van der Waals surface area contributed by atoms with Crippen LogP contribution in [-0.2, 0) is 16.1 Å². The second kappa shape index (κ2) is 9.05. The number of benzene rings is 1. The molecule has 1 aliphatic rings. The van der Waals surface area contributed by atoms with Crippen LogP contribution in [0.4, 0.5) is 4.79 Å². The number of urea groups is 1. The third kappa shape index (κ3) is 5.77. The van der Waals surface area contributed by atoms with Gasteiger partial charge in [-0.05, 0) is 24.3 Å². The van der Waals surface area contributed by atoms with Gasteiger partial charge in [-0.15, -0.1) is 0 Å². The summed E-state index contributed by atoms with van der Waals surface area (Å²) in [6.07, 6.45) is 1.65. The first kappa shape index (κ1) is 18.8. The highest BCUT2D eigenvalue weighted by Gasteiger charge is 2.24. The molecule has 0 spiro atoms. The molecule has 7 nitrogen and oxygen atoms in total. The van der Waals surface area contributed by atoms with Gasteiger partial charge in [0.15, 0.2) is 0 Å². The number of hydrogen-bond acceptors (Lipinski definition) is 3. The molecule has 1 fully saturated rings. The van der Waals surface area contributed by atoms with E-state index in [1.807, 2.05) is 35.2 Å². The number of carbonyl (C=O) groups excluding carboxylic acids is 3. The summed E-state index contributed by atoms with van der Waals surface area (Å²) in [5.74, 6) is -0.941. The molecule has 2 rings (SSSR count). The molecule has 1 aromatic rings. The fourth-order valence-corrected chi connectivity index (χ4v) is 2.79. The first-order chi connectivity index (χ1) is 12.0. The van der Waals surface area contributed by atoms with Gasteiger partial charge >= 0.3 is 17.8 Å². The van der Waals surface area contributed by atoms with Crippen LogP contribution in [0.1, 0.15) is 18.4 Å². The van der Waals surface area contributed by atoms with Crippen molar-refractivity contribution in [3.05, 3.63) is 35.9 Å². The molecule has 0 aromatic heterocycles. The standard InChI is InChI=1S/C18H26N4O3/c1-21(2)18(25)22-10-8-15(9-11-22)13-20-17(24)16(23)19-12-14-6-4-3-5-7-14/h3-7,15H,8-13H2,1-2H3,(H,19,23)(H,20,24). The van der Waals surface area contributed by atoms with E-state index in [0.717, 1.165) is 18.4 Å². The van der Waals surface area contributed by atoms with Crippen molar-refractivity contribution in [3.63, 3.8) is 0 Å². The molecule has 25 heavy (non-hydrogen) atoms. The van der Waals surface area contributed by atoms with Crippen molar-refractivity contribution in [3.8, 4) is 0 Å². The van der Waals surface area contributed by atoms with Crippen LogP contribution in [0.3, 0.4) is 0 Å². The zero-order chi connectivity index (χ0) is 18.2. The van der Waals surface area contributed by atoms with Gasteiger partial charge in [0, 0.05) is 40.3 Å². The van der Waals surface area contributed by atoms with E-state index in [0.29, 0.717) is 26.2 Å². The highest BCUT2D eigenvalue weighted by molar-refractivity contribution is 6.35. The average Bonchev–Trinajstić information content (AvgIpc) is 2.64. The van der Waals surface area contributed by atoms with E-state index in [9.17, 15) is 14.4 Å². The Morgan fingerprint density at radius 1 is 1.04 bits per heavy atom. The zero-order valence-corrected chi connectivity index (χ0v) is 14.8. The molecule has 1 aromatic carbocycles. The monoisotopic (exact) mass is 346 g/mol. The summed E-state index contributed by atoms with van der Waals surface area (Å²) >= 11 is 0. The Morgan fingerprint density at radius 2 is 1.64 bits per heavy atom. The van der Waals surface area contributed by atoms with Gasteiger partial charge in [-0.1, -0.05) is 30.3 Å². The summed E-state index contributed by atoms with van der Waals surface area (Å²) in [6.45, 7) is 2.15. The van der Waals surface area contributed by atoms with Gasteiger partial charge < -0.3 is 20.4 Å². The highest BCUT2D eigenvalue weighted by Crippen LogP contribution is 2.17.